The molecule has 26 heavy (non-hydrogen) atoms. The van der Waals surface area contributed by atoms with E-state index in [1.54, 1.807) is 11.9 Å². The Labute approximate surface area is 153 Å². The molecule has 1 aromatic carbocycles. The van der Waals surface area contributed by atoms with E-state index in [-0.39, 0.29) is 12.6 Å². The SMILES string of the molecule is CN(CC[C@H](O)c1ccccc1)C(=O)NCc1noc(C2CCCC2)n1. The smallest absolute Gasteiger partial charge is 0.317 e. The van der Waals surface area contributed by atoms with E-state index in [1.807, 2.05) is 30.3 Å². The first-order valence-corrected chi connectivity index (χ1v) is 9.18. The average Bonchev–Trinajstić information content (AvgIpc) is 3.36. The Bertz CT molecular complexity index is 698. The van der Waals surface area contributed by atoms with Gasteiger partial charge in [0.1, 0.15) is 0 Å². The van der Waals surface area contributed by atoms with Crippen molar-refractivity contribution in [2.45, 2.75) is 50.7 Å². The van der Waals surface area contributed by atoms with Crippen molar-refractivity contribution in [1.29, 1.82) is 0 Å². The number of aliphatic hydroxyl groups is 1. The summed E-state index contributed by atoms with van der Waals surface area (Å²) >= 11 is 0. The fourth-order valence-corrected chi connectivity index (χ4v) is 3.23. The molecule has 0 radical (unpaired) electrons. The van der Waals surface area contributed by atoms with Crippen molar-refractivity contribution >= 4 is 6.03 Å². The predicted octanol–water partition coefficient (Wildman–Crippen LogP) is 2.99. The van der Waals surface area contributed by atoms with Crippen LogP contribution in [0.4, 0.5) is 4.79 Å². The number of carbonyl (C=O) groups excluding carboxylic acids is 1. The number of nitrogens with zero attached hydrogens (tertiary/aromatic N) is 3. The van der Waals surface area contributed by atoms with E-state index in [1.165, 1.54) is 12.8 Å². The standard InChI is InChI=1S/C19H26N4O3/c1-23(12-11-16(24)14-7-3-2-4-8-14)19(25)20-13-17-21-18(26-22-17)15-9-5-6-10-15/h2-4,7-8,15-16,24H,5-6,9-13H2,1H3,(H,20,25)/t16-/m0/s1. The third-order valence-electron chi connectivity index (χ3n) is 4.85. The molecule has 140 valence electrons. The highest BCUT2D eigenvalue weighted by atomic mass is 16.5. The van der Waals surface area contributed by atoms with Crippen molar-refractivity contribution in [3.63, 3.8) is 0 Å². The predicted molar refractivity (Wildman–Crippen MR) is 96.4 cm³/mol. The molecule has 0 bridgehead atoms. The highest BCUT2D eigenvalue weighted by Crippen LogP contribution is 2.32. The van der Waals surface area contributed by atoms with Crippen molar-refractivity contribution < 1.29 is 14.4 Å². The first kappa shape index (κ1) is 18.4. The van der Waals surface area contributed by atoms with Gasteiger partial charge in [0.25, 0.3) is 0 Å². The number of carbonyl (C=O) groups is 1. The molecular formula is C19H26N4O3. The van der Waals surface area contributed by atoms with Crippen LogP contribution < -0.4 is 5.32 Å². The van der Waals surface area contributed by atoms with E-state index in [4.69, 9.17) is 4.52 Å². The number of hydrogen-bond acceptors (Lipinski definition) is 5. The largest absolute Gasteiger partial charge is 0.388 e. The molecule has 3 rings (SSSR count). The van der Waals surface area contributed by atoms with E-state index in [0.717, 1.165) is 18.4 Å². The van der Waals surface area contributed by atoms with Gasteiger partial charge in [-0.05, 0) is 24.8 Å². The zero-order valence-corrected chi connectivity index (χ0v) is 15.1. The van der Waals surface area contributed by atoms with Gasteiger partial charge in [0.2, 0.25) is 5.89 Å². The number of aromatic nitrogens is 2. The van der Waals surface area contributed by atoms with Gasteiger partial charge in [-0.1, -0.05) is 48.3 Å². The maximum absolute atomic E-state index is 12.2. The van der Waals surface area contributed by atoms with Crippen LogP contribution in [0.3, 0.4) is 0 Å². The summed E-state index contributed by atoms with van der Waals surface area (Å²) in [6, 6.07) is 9.22. The van der Waals surface area contributed by atoms with E-state index in [0.29, 0.717) is 30.6 Å². The summed E-state index contributed by atoms with van der Waals surface area (Å²) in [7, 11) is 1.70. The van der Waals surface area contributed by atoms with Crippen molar-refractivity contribution in [1.82, 2.24) is 20.4 Å². The first-order valence-electron chi connectivity index (χ1n) is 9.18. The Hall–Kier alpha value is -2.41. The van der Waals surface area contributed by atoms with Crippen molar-refractivity contribution in [2.75, 3.05) is 13.6 Å². The topological polar surface area (TPSA) is 91.5 Å². The van der Waals surface area contributed by atoms with Gasteiger partial charge in [0.15, 0.2) is 5.82 Å². The number of nitrogens with one attached hydrogen (secondary N) is 1. The van der Waals surface area contributed by atoms with Crippen LogP contribution >= 0.6 is 0 Å². The summed E-state index contributed by atoms with van der Waals surface area (Å²) in [5.41, 5.74) is 0.854. The molecule has 1 aromatic heterocycles. The molecule has 1 aliphatic rings. The Balaban J connectivity index is 1.41. The average molecular weight is 358 g/mol. The van der Waals surface area contributed by atoms with E-state index in [2.05, 4.69) is 15.5 Å². The molecule has 0 spiro atoms. The second-order valence-electron chi connectivity index (χ2n) is 6.83. The lowest BCUT2D eigenvalue weighted by molar-refractivity contribution is 0.150. The molecule has 2 aromatic rings. The lowest BCUT2D eigenvalue weighted by Crippen LogP contribution is -2.38. The minimum atomic E-state index is -0.586. The fraction of sp³-hybridized carbons (Fsp3) is 0.526. The minimum Gasteiger partial charge on any atom is -0.388 e. The lowest BCUT2D eigenvalue weighted by Gasteiger charge is -2.19. The number of amides is 2. The number of rotatable bonds is 7. The van der Waals surface area contributed by atoms with Crippen LogP contribution in [0.2, 0.25) is 0 Å². The fourth-order valence-electron chi connectivity index (χ4n) is 3.23. The maximum Gasteiger partial charge on any atom is 0.317 e. The van der Waals surface area contributed by atoms with Crippen LogP contribution in [0, 0.1) is 0 Å². The van der Waals surface area contributed by atoms with E-state index < -0.39 is 6.10 Å². The molecule has 1 aliphatic carbocycles. The summed E-state index contributed by atoms with van der Waals surface area (Å²) in [5.74, 6) is 1.55. The van der Waals surface area contributed by atoms with Crippen molar-refractivity contribution in [3.05, 3.63) is 47.6 Å². The molecule has 1 heterocycles. The Morgan fingerprint density at radius 3 is 2.81 bits per heavy atom. The minimum absolute atomic E-state index is 0.225. The van der Waals surface area contributed by atoms with Crippen molar-refractivity contribution in [2.24, 2.45) is 0 Å². The van der Waals surface area contributed by atoms with Gasteiger partial charge in [-0.2, -0.15) is 4.98 Å². The Morgan fingerprint density at radius 1 is 1.35 bits per heavy atom. The molecule has 0 saturated heterocycles. The number of urea groups is 1. The van der Waals surface area contributed by atoms with E-state index in [9.17, 15) is 9.90 Å². The van der Waals surface area contributed by atoms with Crippen LogP contribution in [-0.4, -0.2) is 39.8 Å². The zero-order chi connectivity index (χ0) is 18.4. The van der Waals surface area contributed by atoms with Crippen LogP contribution in [-0.2, 0) is 6.54 Å². The summed E-state index contributed by atoms with van der Waals surface area (Å²) < 4.78 is 5.31. The summed E-state index contributed by atoms with van der Waals surface area (Å²) in [6.45, 7) is 0.683. The molecule has 7 heteroatoms. The third-order valence-corrected chi connectivity index (χ3v) is 4.85. The first-order chi connectivity index (χ1) is 12.6. The van der Waals surface area contributed by atoms with Gasteiger partial charge in [0.05, 0.1) is 12.6 Å². The third kappa shape index (κ3) is 4.82. The van der Waals surface area contributed by atoms with Crippen LogP contribution in [0.5, 0.6) is 0 Å². The highest BCUT2D eigenvalue weighted by Gasteiger charge is 2.23. The Kier molecular flexibility index (Phi) is 6.22. The molecule has 2 N–H and O–H groups in total. The summed E-state index contributed by atoms with van der Waals surface area (Å²) in [4.78, 5) is 18.1. The van der Waals surface area contributed by atoms with E-state index >= 15 is 0 Å². The number of hydrogen-bond donors (Lipinski definition) is 2. The van der Waals surface area contributed by atoms with Crippen LogP contribution in [0.25, 0.3) is 0 Å². The van der Waals surface area contributed by atoms with Gasteiger partial charge >= 0.3 is 6.03 Å². The molecule has 0 unspecified atom stereocenters. The van der Waals surface area contributed by atoms with Gasteiger partial charge in [-0.15, -0.1) is 0 Å². The maximum atomic E-state index is 12.2. The molecular weight excluding hydrogens is 332 g/mol. The molecule has 1 saturated carbocycles. The lowest BCUT2D eigenvalue weighted by atomic mass is 10.1. The van der Waals surface area contributed by atoms with Gasteiger partial charge in [-0.25, -0.2) is 4.79 Å². The number of benzene rings is 1. The normalized spacial score (nSPS) is 15.8. The van der Waals surface area contributed by atoms with Gasteiger partial charge < -0.3 is 19.8 Å². The molecule has 0 aliphatic heterocycles. The summed E-state index contributed by atoms with van der Waals surface area (Å²) in [6.07, 6.45) is 4.50. The van der Waals surface area contributed by atoms with Gasteiger partial charge in [-0.3, -0.25) is 0 Å². The van der Waals surface area contributed by atoms with Crippen LogP contribution in [0.1, 0.15) is 61.4 Å². The number of aliphatic hydroxyl groups excluding tert-OH is 1. The summed E-state index contributed by atoms with van der Waals surface area (Å²) in [5, 5.41) is 16.9. The van der Waals surface area contributed by atoms with Crippen molar-refractivity contribution in [3.8, 4) is 0 Å². The second-order valence-corrected chi connectivity index (χ2v) is 6.83. The molecule has 1 atom stereocenters. The quantitative estimate of drug-likeness (QED) is 0.794. The van der Waals surface area contributed by atoms with Crippen LogP contribution in [0.15, 0.2) is 34.9 Å². The monoisotopic (exact) mass is 358 g/mol. The molecule has 7 nitrogen and oxygen atoms in total. The second kappa shape index (κ2) is 8.80. The zero-order valence-electron chi connectivity index (χ0n) is 15.1. The highest BCUT2D eigenvalue weighted by molar-refractivity contribution is 5.73. The molecule has 2 amide bonds. The Morgan fingerprint density at radius 2 is 2.08 bits per heavy atom. The molecule has 1 fully saturated rings. The van der Waals surface area contributed by atoms with Gasteiger partial charge in [0, 0.05) is 19.5 Å².